The first kappa shape index (κ1) is 31.9. The molecule has 2 N–H and O–H groups in total. The van der Waals surface area contributed by atoms with Gasteiger partial charge in [0.05, 0.1) is 12.5 Å². The number of carbonyl (C=O) groups is 2. The van der Waals surface area contributed by atoms with E-state index in [4.69, 9.17) is 9.47 Å². The number of para-hydroxylation sites is 1. The molecule has 7 nitrogen and oxygen atoms in total. The molecule has 9 heteroatoms. The van der Waals surface area contributed by atoms with Gasteiger partial charge in [0.25, 0.3) is 0 Å². The molecule has 0 fully saturated rings. The number of alkyl halides is 1. The summed E-state index contributed by atoms with van der Waals surface area (Å²) in [4.78, 5) is 27.7. The lowest BCUT2D eigenvalue weighted by molar-refractivity contribution is -0.136. The molecule has 0 saturated carbocycles. The van der Waals surface area contributed by atoms with Crippen LogP contribution in [0.3, 0.4) is 0 Å². The van der Waals surface area contributed by atoms with Crippen molar-refractivity contribution in [1.29, 1.82) is 0 Å². The number of carbonyl (C=O) groups excluding carboxylic acids is 1. The molecule has 0 spiro atoms. The van der Waals surface area contributed by atoms with E-state index in [9.17, 15) is 19.1 Å². The van der Waals surface area contributed by atoms with E-state index >= 15 is 4.39 Å². The number of aromatic nitrogens is 1. The molecule has 0 saturated heterocycles. The van der Waals surface area contributed by atoms with E-state index in [1.165, 1.54) is 6.07 Å². The second-order valence-electron chi connectivity index (χ2n) is 11.1. The minimum absolute atomic E-state index is 0.0195. The highest BCUT2D eigenvalue weighted by molar-refractivity contribution is 5.75. The maximum atomic E-state index is 16.1. The first-order valence-corrected chi connectivity index (χ1v) is 14.0. The monoisotopic (exact) mass is 600 g/mol. The Morgan fingerprint density at radius 1 is 0.977 bits per heavy atom. The Labute approximate surface area is 255 Å². The molecule has 4 rings (SSSR count). The molecule has 1 unspecified atom stereocenters. The van der Waals surface area contributed by atoms with Gasteiger partial charge in [0.1, 0.15) is 30.4 Å². The Hall–Kier alpha value is -5.05. The van der Waals surface area contributed by atoms with E-state index in [0.29, 0.717) is 22.4 Å². The highest BCUT2D eigenvalue weighted by Gasteiger charge is 2.24. The largest absolute Gasteiger partial charge is 0.489 e. The summed E-state index contributed by atoms with van der Waals surface area (Å²) in [5.41, 5.74) is 2.78. The molecule has 228 valence electrons. The number of hydrogen-bond acceptors (Lipinski definition) is 5. The minimum Gasteiger partial charge on any atom is -0.489 e. The van der Waals surface area contributed by atoms with Crippen LogP contribution in [0.2, 0.25) is 0 Å². The SMILES string of the molecule is CC(C)(C)OC(=O)NC(CF)c1cccc(-c2cc(/C=C/c3ccncc3)cc(COc3ccccc3CC(=O)O)c2)c1F. The minimum atomic E-state index is -1.26. The second-order valence-corrected chi connectivity index (χ2v) is 11.1. The average Bonchev–Trinajstić information content (AvgIpc) is 2.98. The quantitative estimate of drug-likeness (QED) is 0.182. The molecule has 1 heterocycles. The number of nitrogens with zero attached hydrogens (tertiary/aromatic N) is 1. The number of aliphatic carboxylic acids is 1. The van der Waals surface area contributed by atoms with E-state index in [-0.39, 0.29) is 24.2 Å². The van der Waals surface area contributed by atoms with Crippen molar-refractivity contribution >= 4 is 24.2 Å². The van der Waals surface area contributed by atoms with Crippen LogP contribution >= 0.6 is 0 Å². The summed E-state index contributed by atoms with van der Waals surface area (Å²) in [6.45, 7) is 4.08. The zero-order valence-electron chi connectivity index (χ0n) is 24.7. The normalized spacial score (nSPS) is 12.1. The van der Waals surface area contributed by atoms with Gasteiger partial charge < -0.3 is 19.9 Å². The third-order valence-corrected chi connectivity index (χ3v) is 6.46. The van der Waals surface area contributed by atoms with Crippen LogP contribution in [0.1, 0.15) is 54.6 Å². The number of nitrogens with one attached hydrogen (secondary N) is 1. The van der Waals surface area contributed by atoms with Crippen molar-refractivity contribution in [3.05, 3.63) is 119 Å². The standard InChI is InChI=1S/C35H34F2N2O5/c1-35(2,3)44-34(42)39-30(21-36)29-9-6-8-28(33(29)37)27-18-24(12-11-23-13-15-38-16-14-23)17-25(19-27)22-43-31-10-5-4-7-26(31)20-32(40)41/h4-19,30H,20-22H2,1-3H3,(H,39,42)(H,40,41)/b12-11+. The Morgan fingerprint density at radius 3 is 2.41 bits per heavy atom. The zero-order chi connectivity index (χ0) is 31.7. The number of hydrogen-bond donors (Lipinski definition) is 2. The van der Waals surface area contributed by atoms with Crippen LogP contribution in [0.25, 0.3) is 23.3 Å². The number of carboxylic acids is 1. The highest BCUT2D eigenvalue weighted by Crippen LogP contribution is 2.31. The van der Waals surface area contributed by atoms with E-state index < -0.39 is 36.2 Å². The maximum absolute atomic E-state index is 16.1. The molecule has 0 aliphatic carbocycles. The summed E-state index contributed by atoms with van der Waals surface area (Å²) in [6.07, 6.45) is 6.08. The molecule has 0 aliphatic rings. The van der Waals surface area contributed by atoms with Gasteiger partial charge in [-0.15, -0.1) is 0 Å². The van der Waals surface area contributed by atoms with Crippen LogP contribution in [-0.2, 0) is 22.6 Å². The van der Waals surface area contributed by atoms with Gasteiger partial charge >= 0.3 is 12.1 Å². The summed E-state index contributed by atoms with van der Waals surface area (Å²) >= 11 is 0. The Kier molecular flexibility index (Phi) is 10.4. The van der Waals surface area contributed by atoms with Crippen LogP contribution < -0.4 is 10.1 Å². The summed E-state index contributed by atoms with van der Waals surface area (Å²) in [7, 11) is 0. The van der Waals surface area contributed by atoms with Crippen LogP contribution in [0.15, 0.2) is 85.2 Å². The van der Waals surface area contributed by atoms with Gasteiger partial charge in [-0.3, -0.25) is 9.78 Å². The van der Waals surface area contributed by atoms with Gasteiger partial charge in [-0.1, -0.05) is 48.6 Å². The van der Waals surface area contributed by atoms with Crippen molar-refractivity contribution < 1.29 is 33.0 Å². The van der Waals surface area contributed by atoms with Crippen molar-refractivity contribution in [2.45, 2.75) is 45.4 Å². The van der Waals surface area contributed by atoms with Crippen LogP contribution in [0, 0.1) is 5.82 Å². The highest BCUT2D eigenvalue weighted by atomic mass is 19.1. The molecule has 4 aromatic rings. The zero-order valence-corrected chi connectivity index (χ0v) is 24.7. The lowest BCUT2D eigenvalue weighted by Crippen LogP contribution is -2.36. The van der Waals surface area contributed by atoms with Crippen LogP contribution in [0.4, 0.5) is 13.6 Å². The fourth-order valence-corrected chi connectivity index (χ4v) is 4.53. The molecule has 3 aromatic carbocycles. The second kappa shape index (κ2) is 14.4. The van der Waals surface area contributed by atoms with E-state index in [1.807, 2.05) is 30.4 Å². The molecular formula is C35H34F2N2O5. The number of halogens is 2. The van der Waals surface area contributed by atoms with Crippen molar-refractivity contribution in [2.75, 3.05) is 6.67 Å². The first-order chi connectivity index (χ1) is 21.0. The van der Waals surface area contributed by atoms with Crippen molar-refractivity contribution in [3.8, 4) is 16.9 Å². The molecule has 44 heavy (non-hydrogen) atoms. The van der Waals surface area contributed by atoms with Gasteiger partial charge in [0, 0.05) is 29.1 Å². The van der Waals surface area contributed by atoms with Gasteiger partial charge in [-0.2, -0.15) is 0 Å². The molecular weight excluding hydrogens is 566 g/mol. The van der Waals surface area contributed by atoms with Gasteiger partial charge in [0.15, 0.2) is 0 Å². The number of pyridine rings is 1. The predicted octanol–water partition coefficient (Wildman–Crippen LogP) is 7.80. The number of benzene rings is 3. The van der Waals surface area contributed by atoms with E-state index in [2.05, 4.69) is 10.3 Å². The van der Waals surface area contributed by atoms with Gasteiger partial charge in [0.2, 0.25) is 0 Å². The number of alkyl carbamates (subject to hydrolysis) is 1. The third-order valence-electron chi connectivity index (χ3n) is 6.46. The number of rotatable bonds is 11. The topological polar surface area (TPSA) is 97.8 Å². The number of amides is 1. The van der Waals surface area contributed by atoms with Crippen molar-refractivity contribution in [2.24, 2.45) is 0 Å². The Morgan fingerprint density at radius 2 is 1.70 bits per heavy atom. The van der Waals surface area contributed by atoms with Gasteiger partial charge in [-0.25, -0.2) is 13.6 Å². The van der Waals surface area contributed by atoms with E-state index in [1.54, 1.807) is 81.7 Å². The maximum Gasteiger partial charge on any atom is 0.408 e. The number of carboxylic acid groups (broad SMARTS) is 1. The first-order valence-electron chi connectivity index (χ1n) is 14.0. The predicted molar refractivity (Wildman–Crippen MR) is 165 cm³/mol. The fourth-order valence-electron chi connectivity index (χ4n) is 4.53. The third kappa shape index (κ3) is 8.97. The van der Waals surface area contributed by atoms with Crippen molar-refractivity contribution in [3.63, 3.8) is 0 Å². The van der Waals surface area contributed by atoms with Crippen LogP contribution in [-0.4, -0.2) is 34.4 Å². The summed E-state index contributed by atoms with van der Waals surface area (Å²) < 4.78 is 41.4. The van der Waals surface area contributed by atoms with E-state index in [0.717, 1.165) is 11.1 Å². The fraction of sp³-hybridized carbons (Fsp3) is 0.229. The molecule has 0 aliphatic heterocycles. The smallest absolute Gasteiger partial charge is 0.408 e. The molecule has 1 aromatic heterocycles. The van der Waals surface area contributed by atoms with Crippen molar-refractivity contribution in [1.82, 2.24) is 10.3 Å². The Balaban J connectivity index is 1.70. The molecule has 0 bridgehead atoms. The molecule has 0 radical (unpaired) electrons. The van der Waals surface area contributed by atoms with Crippen LogP contribution in [0.5, 0.6) is 5.75 Å². The summed E-state index contributed by atoms with van der Waals surface area (Å²) in [5, 5.41) is 11.7. The Bertz CT molecular complexity index is 1630. The summed E-state index contributed by atoms with van der Waals surface area (Å²) in [6, 6.07) is 19.4. The molecule has 1 amide bonds. The van der Waals surface area contributed by atoms with Gasteiger partial charge in [-0.05, 0) is 79.4 Å². The average molecular weight is 601 g/mol. The summed E-state index contributed by atoms with van der Waals surface area (Å²) in [5.74, 6) is -1.23. The number of ether oxygens (including phenoxy) is 2. The lowest BCUT2D eigenvalue weighted by Gasteiger charge is -2.23. The molecule has 1 atom stereocenters. The lowest BCUT2D eigenvalue weighted by atomic mass is 9.95.